The van der Waals surface area contributed by atoms with Gasteiger partial charge in [-0.2, -0.15) is 0 Å². The van der Waals surface area contributed by atoms with E-state index in [0.29, 0.717) is 4.88 Å². The van der Waals surface area contributed by atoms with Gasteiger partial charge in [-0.3, -0.25) is 0 Å². The van der Waals surface area contributed by atoms with Crippen molar-refractivity contribution in [3.8, 4) is 0 Å². The molecule has 2 aliphatic heterocycles. The van der Waals surface area contributed by atoms with Gasteiger partial charge in [-0.25, -0.2) is 4.99 Å². The van der Waals surface area contributed by atoms with Crippen molar-refractivity contribution >= 4 is 33.5 Å². The molecule has 1 fully saturated rings. The predicted molar refractivity (Wildman–Crippen MR) is 94.0 cm³/mol. The summed E-state index contributed by atoms with van der Waals surface area (Å²) in [4.78, 5) is 4.42. The molecule has 0 amide bonds. The second-order valence-corrected chi connectivity index (χ2v) is 5.76. The number of para-hydroxylation sites is 2. The van der Waals surface area contributed by atoms with E-state index in [4.69, 9.17) is 20.6 Å². The maximum atomic E-state index is 8.61. The lowest BCUT2D eigenvalue weighted by Crippen LogP contribution is -2.47. The maximum absolute atomic E-state index is 8.61. The van der Waals surface area contributed by atoms with Crippen LogP contribution in [0, 0.1) is 6.92 Å². The average Bonchev–Trinajstić information content (AvgIpc) is 3.02. The van der Waals surface area contributed by atoms with Gasteiger partial charge in [0.1, 0.15) is 10.8 Å². The van der Waals surface area contributed by atoms with Gasteiger partial charge in [0.05, 0.1) is 27.9 Å². The minimum absolute atomic E-state index is 0.0303. The van der Waals surface area contributed by atoms with Crippen molar-refractivity contribution in [2.75, 3.05) is 38.3 Å². The first kappa shape index (κ1) is 5.08. The maximum Gasteiger partial charge on any atom is 0.139 e. The van der Waals surface area contributed by atoms with Gasteiger partial charge in [0, 0.05) is 40.5 Å². The van der Waals surface area contributed by atoms with E-state index in [-0.39, 0.29) is 21.2 Å². The van der Waals surface area contributed by atoms with Gasteiger partial charge in [0.2, 0.25) is 0 Å². The number of aryl methyl sites for hydroxylation is 1. The fourth-order valence-electron chi connectivity index (χ4n) is 2.07. The number of benzene rings is 1. The number of anilines is 2. The molecule has 1 saturated heterocycles. The number of hydrogen-bond acceptors (Lipinski definition) is 5. The van der Waals surface area contributed by atoms with Crippen LogP contribution in [0.1, 0.15) is 31.0 Å². The third kappa shape index (κ3) is 2.40. The van der Waals surface area contributed by atoms with Gasteiger partial charge in [-0.15, -0.1) is 11.3 Å². The van der Waals surface area contributed by atoms with Crippen molar-refractivity contribution in [2.24, 2.45) is 4.99 Å². The Balaban J connectivity index is 2.12. The standard InChI is InChI=1S/C17H20N4S/c1-12-11-13-16(21-9-7-20(2)8-10-21)18-14-5-3-4-6-15(14)19-17(13)22-12/h3-6,11,19H,7-10H2,1-2H3/i2D3,3D,4D,5D,6D,7D2,8D2,9D2,10D2. The van der Waals surface area contributed by atoms with E-state index in [0.717, 1.165) is 11.3 Å². The molecule has 2 aliphatic rings. The number of hydrogen-bond donors (Lipinski definition) is 1. The Morgan fingerprint density at radius 3 is 2.95 bits per heavy atom. The molecule has 1 aromatic heterocycles. The van der Waals surface area contributed by atoms with Gasteiger partial charge in [-0.05, 0) is 32.1 Å². The molecule has 2 aromatic rings. The minimum Gasteiger partial charge on any atom is -0.353 e. The molecule has 3 heterocycles. The third-order valence-corrected chi connectivity index (χ3v) is 3.95. The molecule has 1 N–H and O–H groups in total. The molecule has 0 unspecified atom stereocenters. The summed E-state index contributed by atoms with van der Waals surface area (Å²) in [5.41, 5.74) is -0.664. The Morgan fingerprint density at radius 1 is 1.32 bits per heavy atom. The Morgan fingerprint density at radius 2 is 2.14 bits per heavy atom. The van der Waals surface area contributed by atoms with Crippen LogP contribution in [0.15, 0.2) is 35.2 Å². The number of amidine groups is 1. The fourth-order valence-corrected chi connectivity index (χ4v) is 2.98. The molecule has 5 heteroatoms. The molecule has 22 heavy (non-hydrogen) atoms. The smallest absolute Gasteiger partial charge is 0.139 e. The van der Waals surface area contributed by atoms with E-state index in [1.807, 2.05) is 0 Å². The van der Waals surface area contributed by atoms with Gasteiger partial charge in [0.15, 0.2) is 0 Å². The number of nitrogens with one attached hydrogen (secondary N) is 1. The Hall–Kier alpha value is -1.85. The summed E-state index contributed by atoms with van der Waals surface area (Å²) >= 11 is 1.06. The number of likely N-dealkylation sites (N-methyl/N-ethyl adjacent to an activating group) is 1. The molecule has 4 nitrogen and oxygen atoms in total. The first-order valence-corrected chi connectivity index (χ1v) is 7.09. The summed E-state index contributed by atoms with van der Waals surface area (Å²) in [7, 11) is 0. The molecule has 0 atom stereocenters. The summed E-state index contributed by atoms with van der Waals surface area (Å²) in [5.74, 6) is -0.677. The summed E-state index contributed by atoms with van der Waals surface area (Å²) in [6.07, 6.45) is 0. The zero-order valence-electron chi connectivity index (χ0n) is 26.3. The van der Waals surface area contributed by atoms with Crippen molar-refractivity contribution in [3.05, 3.63) is 40.7 Å². The van der Waals surface area contributed by atoms with Crippen LogP contribution in [-0.2, 0) is 0 Å². The molecule has 114 valence electrons. The SMILES string of the molecule is [2H]c1c([2H])c([2H])c2c(c1[2H])N=C(N1C([2H])([2H])C([2H])([2H])N(C([2H])([2H])[2H])C([2H])([2H])C1([2H])[2H])c1cc(C)sc1N2. The highest BCUT2D eigenvalue weighted by Gasteiger charge is 2.25. The van der Waals surface area contributed by atoms with Crippen LogP contribution in [0.3, 0.4) is 0 Å². The van der Waals surface area contributed by atoms with Crippen molar-refractivity contribution in [3.63, 3.8) is 0 Å². The van der Waals surface area contributed by atoms with E-state index >= 15 is 0 Å². The normalized spacial score (nSPS) is 37.8. The molecule has 0 radical (unpaired) electrons. The van der Waals surface area contributed by atoms with E-state index in [1.165, 1.54) is 6.07 Å². The van der Waals surface area contributed by atoms with Gasteiger partial charge in [0.25, 0.3) is 0 Å². The van der Waals surface area contributed by atoms with E-state index < -0.39 is 73.6 Å². The van der Waals surface area contributed by atoms with Crippen LogP contribution in [0.25, 0.3) is 0 Å². The molecule has 0 spiro atoms. The lowest BCUT2D eigenvalue weighted by molar-refractivity contribution is 0.216. The number of piperazine rings is 1. The highest BCUT2D eigenvalue weighted by atomic mass is 32.1. The summed E-state index contributed by atoms with van der Waals surface area (Å²) in [6, 6.07) is -1.00. The second-order valence-electron chi connectivity index (χ2n) is 4.50. The van der Waals surface area contributed by atoms with Crippen molar-refractivity contribution in [1.29, 1.82) is 0 Å². The fraction of sp³-hybridized carbons (Fsp3) is 0.353. The number of fused-ring (bicyclic) bond motifs is 2. The molecule has 0 saturated carbocycles. The Bertz CT molecular complexity index is 1300. The highest BCUT2D eigenvalue weighted by molar-refractivity contribution is 7.16. The molecule has 1 aromatic carbocycles. The zero-order chi connectivity index (χ0) is 28.3. The largest absolute Gasteiger partial charge is 0.353 e. The zero-order valence-corrected chi connectivity index (χ0v) is 12.1. The van der Waals surface area contributed by atoms with Crippen LogP contribution < -0.4 is 5.32 Å². The summed E-state index contributed by atoms with van der Waals surface area (Å²) < 4.78 is 123. The van der Waals surface area contributed by atoms with Crippen LogP contribution in [0.5, 0.6) is 0 Å². The molecule has 0 bridgehead atoms. The lowest BCUT2D eigenvalue weighted by Gasteiger charge is -2.34. The van der Waals surface area contributed by atoms with Crippen molar-refractivity contribution in [1.82, 2.24) is 9.80 Å². The van der Waals surface area contributed by atoms with Crippen LogP contribution >= 0.6 is 11.3 Å². The average molecular weight is 328 g/mol. The Labute approximate surface area is 156 Å². The third-order valence-electron chi connectivity index (χ3n) is 2.98. The van der Waals surface area contributed by atoms with Crippen LogP contribution in [0.2, 0.25) is 0 Å². The first-order chi connectivity index (χ1) is 16.6. The quantitative estimate of drug-likeness (QED) is 0.804. The van der Waals surface area contributed by atoms with E-state index in [2.05, 4.69) is 10.3 Å². The molecular weight excluding hydrogens is 292 g/mol. The number of rotatable bonds is 0. The number of aliphatic imine (C=N–C) groups is 1. The lowest BCUT2D eigenvalue weighted by atomic mass is 10.2. The van der Waals surface area contributed by atoms with Gasteiger partial charge in [-0.1, -0.05) is 12.1 Å². The molecule has 4 rings (SSSR count). The minimum atomic E-state index is -3.64. The second kappa shape index (κ2) is 5.41. The van der Waals surface area contributed by atoms with Crippen molar-refractivity contribution in [2.45, 2.75) is 6.92 Å². The van der Waals surface area contributed by atoms with E-state index in [9.17, 15) is 0 Å². The van der Waals surface area contributed by atoms with E-state index in [1.54, 1.807) is 6.92 Å². The first-order valence-electron chi connectivity index (χ1n) is 13.8. The summed E-state index contributed by atoms with van der Waals surface area (Å²) in [6.45, 7) is -16.3. The Kier molecular flexibility index (Phi) is 1.25. The molecule has 0 aliphatic carbocycles. The predicted octanol–water partition coefficient (Wildman–Crippen LogP) is 3.44. The summed E-state index contributed by atoms with van der Waals surface area (Å²) in [5, 5.41) is 2.99. The van der Waals surface area contributed by atoms with Crippen molar-refractivity contribution < 1.29 is 20.6 Å². The van der Waals surface area contributed by atoms with Crippen LogP contribution in [-0.4, -0.2) is 48.6 Å². The topological polar surface area (TPSA) is 30.9 Å². The number of nitrogens with zero attached hydrogens (tertiary/aromatic N) is 3. The van der Waals surface area contributed by atoms with Crippen LogP contribution in [0.4, 0.5) is 16.4 Å². The monoisotopic (exact) mass is 327 g/mol. The highest BCUT2D eigenvalue weighted by Crippen LogP contribution is 2.39. The number of thiophene rings is 1. The molecular formula is C17H20N4S. The van der Waals surface area contributed by atoms with Gasteiger partial charge < -0.3 is 15.1 Å². The van der Waals surface area contributed by atoms with Gasteiger partial charge >= 0.3 is 0 Å².